The summed E-state index contributed by atoms with van der Waals surface area (Å²) >= 11 is 0. The molecule has 3 amide bonds. The van der Waals surface area contributed by atoms with Crippen LogP contribution in [0.4, 0.5) is 4.79 Å². The summed E-state index contributed by atoms with van der Waals surface area (Å²) in [5, 5.41) is 11.1. The highest BCUT2D eigenvalue weighted by atomic mass is 16.5. The molecule has 0 radical (unpaired) electrons. The number of carbonyl (C=O) groups excluding carboxylic acids is 3. The fraction of sp³-hybridized carbons (Fsp3) is 0.200. The van der Waals surface area contributed by atoms with Gasteiger partial charge in [-0.2, -0.15) is 5.26 Å². The molecule has 0 unspecified atom stereocenters. The van der Waals surface area contributed by atoms with Gasteiger partial charge < -0.3 is 15.0 Å². The van der Waals surface area contributed by atoms with Gasteiger partial charge in [-0.3, -0.25) is 10.1 Å². The van der Waals surface area contributed by atoms with E-state index in [0.29, 0.717) is 11.1 Å². The van der Waals surface area contributed by atoms with Gasteiger partial charge in [0.1, 0.15) is 11.6 Å². The first kappa shape index (κ1) is 20.5. The molecule has 2 rings (SSSR count). The zero-order valence-electron chi connectivity index (χ0n) is 16.0. The maximum Gasteiger partial charge on any atom is 0.337 e. The number of nitriles is 1. The van der Waals surface area contributed by atoms with Gasteiger partial charge in [0.25, 0.3) is 5.91 Å². The van der Waals surface area contributed by atoms with Crippen LogP contribution in [0.15, 0.2) is 29.8 Å². The molecule has 0 aliphatic heterocycles. The van der Waals surface area contributed by atoms with E-state index in [-0.39, 0.29) is 5.57 Å². The number of urea groups is 1. The van der Waals surface area contributed by atoms with Crippen LogP contribution in [0.2, 0.25) is 0 Å². The smallest absolute Gasteiger partial charge is 0.337 e. The number of benzene rings is 1. The monoisotopic (exact) mass is 380 g/mol. The summed E-state index contributed by atoms with van der Waals surface area (Å²) in [6.07, 6.45) is 1.39. The van der Waals surface area contributed by atoms with Crippen molar-refractivity contribution >= 4 is 24.0 Å². The Bertz CT molecular complexity index is 1040. The summed E-state index contributed by atoms with van der Waals surface area (Å²) in [6.45, 7) is 5.60. The van der Waals surface area contributed by atoms with E-state index in [0.717, 1.165) is 22.6 Å². The van der Waals surface area contributed by atoms with Crippen LogP contribution in [0, 0.1) is 32.1 Å². The van der Waals surface area contributed by atoms with Crippen molar-refractivity contribution in [2.24, 2.45) is 5.73 Å². The number of imide groups is 1. The van der Waals surface area contributed by atoms with Crippen LogP contribution in [0.5, 0.6) is 0 Å². The standard InChI is InChI=1S/C20H20N4O4/c1-11-5-6-14(19(26)28-4)9-17(11)24-12(2)7-15(13(24)3)8-16(10-21)18(25)23-20(22)27/h5-9H,1-4H3,(H3,22,23,25,27)/b16-8-. The Morgan fingerprint density at radius 1 is 1.21 bits per heavy atom. The lowest BCUT2D eigenvalue weighted by molar-refractivity contribution is -0.115. The summed E-state index contributed by atoms with van der Waals surface area (Å²) in [6, 6.07) is 7.75. The molecule has 0 spiro atoms. The molecular formula is C20H20N4O4. The summed E-state index contributed by atoms with van der Waals surface area (Å²) < 4.78 is 6.69. The lowest BCUT2D eigenvalue weighted by Crippen LogP contribution is -2.35. The molecule has 0 aliphatic rings. The van der Waals surface area contributed by atoms with Crippen molar-refractivity contribution in [3.63, 3.8) is 0 Å². The van der Waals surface area contributed by atoms with Crippen molar-refractivity contribution in [1.29, 1.82) is 5.26 Å². The minimum absolute atomic E-state index is 0.251. The molecule has 0 bridgehead atoms. The Labute approximate surface area is 162 Å². The van der Waals surface area contributed by atoms with Gasteiger partial charge in [-0.25, -0.2) is 9.59 Å². The first-order valence-corrected chi connectivity index (χ1v) is 8.30. The molecule has 0 aliphatic carbocycles. The number of hydrogen-bond acceptors (Lipinski definition) is 5. The quantitative estimate of drug-likeness (QED) is 0.478. The van der Waals surface area contributed by atoms with Crippen molar-refractivity contribution in [3.8, 4) is 11.8 Å². The molecule has 0 fully saturated rings. The number of primary amides is 1. The van der Waals surface area contributed by atoms with Gasteiger partial charge in [0.2, 0.25) is 0 Å². The van der Waals surface area contributed by atoms with Gasteiger partial charge in [-0.15, -0.1) is 0 Å². The third-order valence-electron chi connectivity index (χ3n) is 4.24. The van der Waals surface area contributed by atoms with Crippen molar-refractivity contribution in [2.45, 2.75) is 20.8 Å². The molecule has 1 heterocycles. The van der Waals surface area contributed by atoms with Crippen LogP contribution >= 0.6 is 0 Å². The molecule has 1 aromatic heterocycles. The highest BCUT2D eigenvalue weighted by Gasteiger charge is 2.17. The van der Waals surface area contributed by atoms with Crippen molar-refractivity contribution < 1.29 is 19.1 Å². The Morgan fingerprint density at radius 3 is 2.46 bits per heavy atom. The topological polar surface area (TPSA) is 127 Å². The van der Waals surface area contributed by atoms with E-state index in [9.17, 15) is 19.6 Å². The predicted octanol–water partition coefficient (Wildman–Crippen LogP) is 2.29. The highest BCUT2D eigenvalue weighted by molar-refractivity contribution is 6.08. The maximum atomic E-state index is 11.9. The van der Waals surface area contributed by atoms with E-state index < -0.39 is 17.9 Å². The number of esters is 1. The first-order chi connectivity index (χ1) is 13.2. The Hall–Kier alpha value is -3.86. The molecule has 8 nitrogen and oxygen atoms in total. The number of methoxy groups -OCH3 is 1. The number of ether oxygens (including phenoxy) is 1. The fourth-order valence-electron chi connectivity index (χ4n) is 2.88. The number of aromatic nitrogens is 1. The van der Waals surface area contributed by atoms with E-state index in [2.05, 4.69) is 0 Å². The molecule has 0 atom stereocenters. The summed E-state index contributed by atoms with van der Waals surface area (Å²) in [4.78, 5) is 34.6. The predicted molar refractivity (Wildman–Crippen MR) is 103 cm³/mol. The molecule has 8 heteroatoms. The van der Waals surface area contributed by atoms with E-state index in [4.69, 9.17) is 10.5 Å². The van der Waals surface area contributed by atoms with Crippen LogP contribution < -0.4 is 11.1 Å². The summed E-state index contributed by atoms with van der Waals surface area (Å²) in [7, 11) is 1.32. The SMILES string of the molecule is COC(=O)c1ccc(C)c(-n2c(C)cc(/C=C(/C#N)C(=O)NC(N)=O)c2C)c1. The Morgan fingerprint density at radius 2 is 1.89 bits per heavy atom. The molecular weight excluding hydrogens is 360 g/mol. The van der Waals surface area contributed by atoms with E-state index in [1.54, 1.807) is 24.3 Å². The number of aryl methyl sites for hydroxylation is 2. The van der Waals surface area contributed by atoms with E-state index >= 15 is 0 Å². The maximum absolute atomic E-state index is 11.9. The van der Waals surface area contributed by atoms with Gasteiger partial charge in [-0.05, 0) is 56.2 Å². The van der Waals surface area contributed by atoms with Crippen molar-refractivity contribution in [3.05, 3.63) is 57.9 Å². The normalized spacial score (nSPS) is 10.9. The molecule has 3 N–H and O–H groups in total. The number of nitrogens with one attached hydrogen (secondary N) is 1. The van der Waals surface area contributed by atoms with Gasteiger partial charge >= 0.3 is 12.0 Å². The van der Waals surface area contributed by atoms with E-state index in [1.807, 2.05) is 36.7 Å². The fourth-order valence-corrected chi connectivity index (χ4v) is 2.88. The summed E-state index contributed by atoms with van der Waals surface area (Å²) in [5.41, 5.74) is 9.00. The Balaban J connectivity index is 2.57. The number of hydrogen-bond donors (Lipinski definition) is 2. The lowest BCUT2D eigenvalue weighted by atomic mass is 10.1. The number of amides is 3. The highest BCUT2D eigenvalue weighted by Crippen LogP contribution is 2.26. The second kappa shape index (κ2) is 8.22. The van der Waals surface area contributed by atoms with E-state index in [1.165, 1.54) is 13.2 Å². The molecule has 2 aromatic rings. The number of rotatable bonds is 4. The van der Waals surface area contributed by atoms with Crippen LogP contribution in [-0.4, -0.2) is 29.6 Å². The molecule has 1 aromatic carbocycles. The first-order valence-electron chi connectivity index (χ1n) is 8.30. The van der Waals surface area contributed by atoms with Crippen molar-refractivity contribution in [1.82, 2.24) is 9.88 Å². The second-order valence-electron chi connectivity index (χ2n) is 6.14. The zero-order chi connectivity index (χ0) is 21.0. The average Bonchev–Trinajstić information content (AvgIpc) is 2.92. The Kier molecular flexibility index (Phi) is 6.01. The second-order valence-corrected chi connectivity index (χ2v) is 6.14. The minimum Gasteiger partial charge on any atom is -0.465 e. The molecule has 28 heavy (non-hydrogen) atoms. The average molecular weight is 380 g/mol. The molecule has 0 saturated heterocycles. The number of carbonyl (C=O) groups is 3. The largest absolute Gasteiger partial charge is 0.465 e. The minimum atomic E-state index is -1.04. The summed E-state index contributed by atoms with van der Waals surface area (Å²) in [5.74, 6) is -1.32. The number of nitrogens with two attached hydrogens (primary N) is 1. The zero-order valence-corrected chi connectivity index (χ0v) is 16.0. The van der Waals surface area contributed by atoms with Gasteiger partial charge in [0, 0.05) is 17.1 Å². The van der Waals surface area contributed by atoms with Crippen LogP contribution in [0.25, 0.3) is 11.8 Å². The lowest BCUT2D eigenvalue weighted by Gasteiger charge is -2.14. The van der Waals surface area contributed by atoms with Crippen LogP contribution in [-0.2, 0) is 9.53 Å². The third-order valence-corrected chi connectivity index (χ3v) is 4.24. The van der Waals surface area contributed by atoms with Gasteiger partial charge in [0.05, 0.1) is 12.7 Å². The van der Waals surface area contributed by atoms with Crippen molar-refractivity contribution in [2.75, 3.05) is 7.11 Å². The van der Waals surface area contributed by atoms with Crippen LogP contribution in [0.3, 0.4) is 0 Å². The van der Waals surface area contributed by atoms with Crippen LogP contribution in [0.1, 0.15) is 32.9 Å². The van der Waals surface area contributed by atoms with Gasteiger partial charge in [-0.1, -0.05) is 6.07 Å². The number of nitrogens with zero attached hydrogens (tertiary/aromatic N) is 2. The van der Waals surface area contributed by atoms with Gasteiger partial charge in [0.15, 0.2) is 0 Å². The third kappa shape index (κ3) is 4.10. The molecule has 0 saturated carbocycles. The molecule has 144 valence electrons.